The largest absolute Gasteiger partial charge is 0.462 e. The number of benzene rings is 1. The lowest BCUT2D eigenvalue weighted by Gasteiger charge is -2.13. The molecule has 1 aromatic carbocycles. The summed E-state index contributed by atoms with van der Waals surface area (Å²) in [6, 6.07) is 10.9. The number of alkyl halides is 3. The van der Waals surface area contributed by atoms with Gasteiger partial charge in [-0.3, -0.25) is 4.79 Å². The molecule has 0 unspecified atom stereocenters. The number of hydrogen-bond donors (Lipinski definition) is 1. The highest BCUT2D eigenvalue weighted by atomic mass is 19.4. The van der Waals surface area contributed by atoms with Gasteiger partial charge in [0.25, 0.3) is 5.91 Å². The molecule has 3 aromatic heterocycles. The molecule has 0 atom stereocenters. The number of esters is 1. The first-order valence-corrected chi connectivity index (χ1v) is 11.0. The summed E-state index contributed by atoms with van der Waals surface area (Å²) >= 11 is 0. The van der Waals surface area contributed by atoms with Crippen LogP contribution in [0.3, 0.4) is 0 Å². The number of ether oxygens (including phenoxy) is 1. The Labute approximate surface area is 203 Å². The minimum atomic E-state index is -4.85. The van der Waals surface area contributed by atoms with Gasteiger partial charge in [-0.15, -0.1) is 0 Å². The Morgan fingerprint density at radius 2 is 1.67 bits per heavy atom. The van der Waals surface area contributed by atoms with Crippen LogP contribution in [-0.4, -0.2) is 43.0 Å². The number of pyridine rings is 1. The molecular formula is C24H21F3N6O3. The molecule has 4 rings (SSSR count). The van der Waals surface area contributed by atoms with Crippen LogP contribution in [0, 0.1) is 0 Å². The lowest BCUT2D eigenvalue weighted by atomic mass is 10.2. The molecule has 0 aliphatic carbocycles. The van der Waals surface area contributed by atoms with Crippen LogP contribution in [0.25, 0.3) is 11.5 Å². The quantitative estimate of drug-likeness (QED) is 0.377. The molecule has 9 nitrogen and oxygen atoms in total. The zero-order valence-electron chi connectivity index (χ0n) is 19.3. The van der Waals surface area contributed by atoms with E-state index in [2.05, 4.69) is 20.5 Å². The molecule has 0 spiro atoms. The number of carbonyl (C=O) groups excluding carboxylic acids is 2. The number of amides is 1. The first kappa shape index (κ1) is 24.6. The molecule has 3 heterocycles. The van der Waals surface area contributed by atoms with Crippen LogP contribution in [0.15, 0.2) is 61.1 Å². The van der Waals surface area contributed by atoms with E-state index in [0.717, 1.165) is 6.20 Å². The van der Waals surface area contributed by atoms with E-state index < -0.39 is 29.3 Å². The molecule has 36 heavy (non-hydrogen) atoms. The van der Waals surface area contributed by atoms with E-state index in [0.29, 0.717) is 33.9 Å². The molecule has 0 aliphatic heterocycles. The number of nitrogens with zero attached hydrogens (tertiary/aromatic N) is 5. The predicted molar refractivity (Wildman–Crippen MR) is 123 cm³/mol. The van der Waals surface area contributed by atoms with E-state index in [1.807, 2.05) is 13.0 Å². The molecular weight excluding hydrogens is 477 g/mol. The van der Waals surface area contributed by atoms with Crippen molar-refractivity contribution in [1.29, 1.82) is 0 Å². The van der Waals surface area contributed by atoms with Gasteiger partial charge in [-0.05, 0) is 49.7 Å². The van der Waals surface area contributed by atoms with Gasteiger partial charge < -0.3 is 10.1 Å². The van der Waals surface area contributed by atoms with Gasteiger partial charge in [0, 0.05) is 11.9 Å². The summed E-state index contributed by atoms with van der Waals surface area (Å²) in [5, 5.41) is 10.7. The minimum Gasteiger partial charge on any atom is -0.462 e. The first-order chi connectivity index (χ1) is 17.2. The van der Waals surface area contributed by atoms with Crippen LogP contribution in [-0.2, 0) is 17.3 Å². The monoisotopic (exact) mass is 498 g/mol. The summed E-state index contributed by atoms with van der Waals surface area (Å²) in [6.07, 6.45) is -0.455. The van der Waals surface area contributed by atoms with Crippen molar-refractivity contribution in [2.24, 2.45) is 0 Å². The second kappa shape index (κ2) is 10.0. The van der Waals surface area contributed by atoms with Gasteiger partial charge in [-0.25, -0.2) is 19.1 Å². The van der Waals surface area contributed by atoms with E-state index in [1.54, 1.807) is 23.0 Å². The number of nitrogens with one attached hydrogen (secondary N) is 1. The van der Waals surface area contributed by atoms with E-state index >= 15 is 0 Å². The van der Waals surface area contributed by atoms with Gasteiger partial charge in [0.2, 0.25) is 0 Å². The molecule has 0 saturated carbocycles. The van der Waals surface area contributed by atoms with Crippen LogP contribution in [0.4, 0.5) is 18.9 Å². The summed E-state index contributed by atoms with van der Waals surface area (Å²) in [4.78, 5) is 29.1. The summed E-state index contributed by atoms with van der Waals surface area (Å²) in [7, 11) is 0. The molecule has 1 N–H and O–H groups in total. The SMILES string of the molecule is CCOC(=O)c1cnn(-c2ccc(NC(=O)c3cnn(-c4ccccn4)c3CC)cc2)c1C(F)(F)F. The van der Waals surface area contributed by atoms with Crippen molar-refractivity contribution < 1.29 is 27.5 Å². The van der Waals surface area contributed by atoms with E-state index in [1.165, 1.54) is 37.4 Å². The maximum Gasteiger partial charge on any atom is 0.434 e. The fourth-order valence-corrected chi connectivity index (χ4v) is 3.64. The first-order valence-electron chi connectivity index (χ1n) is 11.0. The fourth-order valence-electron chi connectivity index (χ4n) is 3.64. The van der Waals surface area contributed by atoms with Gasteiger partial charge >= 0.3 is 12.1 Å². The smallest absolute Gasteiger partial charge is 0.434 e. The maximum absolute atomic E-state index is 13.7. The van der Waals surface area contributed by atoms with Gasteiger partial charge in [0.1, 0.15) is 5.56 Å². The zero-order valence-corrected chi connectivity index (χ0v) is 19.3. The molecule has 186 valence electrons. The van der Waals surface area contributed by atoms with Crippen LogP contribution in [0.2, 0.25) is 0 Å². The van der Waals surface area contributed by atoms with Gasteiger partial charge in [0.05, 0.1) is 35.9 Å². The third kappa shape index (κ3) is 4.83. The summed E-state index contributed by atoms with van der Waals surface area (Å²) < 4.78 is 48.1. The Balaban J connectivity index is 1.58. The van der Waals surface area contributed by atoms with Crippen molar-refractivity contribution in [3.63, 3.8) is 0 Å². The van der Waals surface area contributed by atoms with Crippen LogP contribution < -0.4 is 5.32 Å². The Morgan fingerprint density at radius 3 is 2.28 bits per heavy atom. The standard InChI is InChI=1S/C24H21F3N6O3/c1-3-19-17(13-30-33(19)20-7-5-6-12-28-20)22(34)31-15-8-10-16(11-9-15)32-21(24(25,26)27)18(14-29-32)23(35)36-4-2/h5-14H,3-4H2,1-2H3,(H,31,34). The highest BCUT2D eigenvalue weighted by Crippen LogP contribution is 2.34. The fraction of sp³-hybridized carbons (Fsp3) is 0.208. The van der Waals surface area contributed by atoms with E-state index in [-0.39, 0.29) is 12.3 Å². The van der Waals surface area contributed by atoms with Gasteiger partial charge in [-0.1, -0.05) is 13.0 Å². The van der Waals surface area contributed by atoms with Crippen molar-refractivity contribution in [2.45, 2.75) is 26.4 Å². The Morgan fingerprint density at radius 1 is 0.972 bits per heavy atom. The number of hydrogen-bond acceptors (Lipinski definition) is 6. The lowest BCUT2D eigenvalue weighted by molar-refractivity contribution is -0.143. The number of carbonyl (C=O) groups is 2. The Bertz CT molecular complexity index is 1380. The molecule has 0 bridgehead atoms. The average molecular weight is 498 g/mol. The average Bonchev–Trinajstić information content (AvgIpc) is 3.50. The highest BCUT2D eigenvalue weighted by Gasteiger charge is 2.41. The van der Waals surface area contributed by atoms with Crippen molar-refractivity contribution in [2.75, 3.05) is 11.9 Å². The number of rotatable bonds is 7. The van der Waals surface area contributed by atoms with Crippen molar-refractivity contribution in [3.8, 4) is 11.5 Å². The van der Waals surface area contributed by atoms with Gasteiger partial charge in [0.15, 0.2) is 11.5 Å². The van der Waals surface area contributed by atoms with Crippen LogP contribution in [0.1, 0.15) is 46.0 Å². The normalized spacial score (nSPS) is 11.4. The molecule has 0 aliphatic rings. The second-order valence-electron chi connectivity index (χ2n) is 7.50. The number of aromatic nitrogens is 5. The third-order valence-electron chi connectivity index (χ3n) is 5.22. The van der Waals surface area contributed by atoms with Crippen molar-refractivity contribution in [3.05, 3.63) is 83.6 Å². The zero-order chi connectivity index (χ0) is 25.9. The molecule has 12 heteroatoms. The topological polar surface area (TPSA) is 104 Å². The van der Waals surface area contributed by atoms with Crippen molar-refractivity contribution >= 4 is 17.6 Å². The predicted octanol–water partition coefficient (Wildman–Crippen LogP) is 4.46. The molecule has 0 radical (unpaired) electrons. The van der Waals surface area contributed by atoms with E-state index in [4.69, 9.17) is 4.74 Å². The van der Waals surface area contributed by atoms with Gasteiger partial charge in [-0.2, -0.15) is 23.4 Å². The van der Waals surface area contributed by atoms with E-state index in [9.17, 15) is 22.8 Å². The summed E-state index contributed by atoms with van der Waals surface area (Å²) in [5.41, 5.74) is -0.528. The maximum atomic E-state index is 13.7. The molecule has 4 aromatic rings. The molecule has 0 fully saturated rings. The second-order valence-corrected chi connectivity index (χ2v) is 7.50. The van der Waals surface area contributed by atoms with Crippen molar-refractivity contribution in [1.82, 2.24) is 24.5 Å². The number of halogens is 3. The Kier molecular flexibility index (Phi) is 6.86. The summed E-state index contributed by atoms with van der Waals surface area (Å²) in [5.74, 6) is -0.973. The highest BCUT2D eigenvalue weighted by molar-refractivity contribution is 6.05. The minimum absolute atomic E-state index is 0.0492. The Hall–Kier alpha value is -4.48. The lowest BCUT2D eigenvalue weighted by Crippen LogP contribution is -2.18. The molecule has 0 saturated heterocycles. The number of anilines is 1. The summed E-state index contributed by atoms with van der Waals surface area (Å²) in [6.45, 7) is 3.31. The van der Waals surface area contributed by atoms with Crippen LogP contribution in [0.5, 0.6) is 0 Å². The third-order valence-corrected chi connectivity index (χ3v) is 5.22. The molecule has 1 amide bonds. The van der Waals surface area contributed by atoms with Crippen LogP contribution >= 0.6 is 0 Å².